The Hall–Kier alpha value is -0.0400. The van der Waals surface area contributed by atoms with Gasteiger partial charge in [-0.15, -0.1) is 0 Å². The molecule has 0 spiro atoms. The van der Waals surface area contributed by atoms with Crippen molar-refractivity contribution < 1.29 is 0 Å². The summed E-state index contributed by atoms with van der Waals surface area (Å²) in [4.78, 5) is 0. The zero-order valence-corrected chi connectivity index (χ0v) is 10.3. The van der Waals surface area contributed by atoms with E-state index in [1.807, 2.05) is 0 Å². The Bertz CT molecular complexity index is 182. The van der Waals surface area contributed by atoms with Crippen molar-refractivity contribution in [3.05, 3.63) is 0 Å². The predicted octanol–water partition coefficient (Wildman–Crippen LogP) is 3.72. The molecular formula is C14H27N. The predicted molar refractivity (Wildman–Crippen MR) is 65.7 cm³/mol. The monoisotopic (exact) mass is 209 g/mol. The fourth-order valence-corrected chi connectivity index (χ4v) is 3.62. The van der Waals surface area contributed by atoms with Gasteiger partial charge in [-0.25, -0.2) is 0 Å². The van der Waals surface area contributed by atoms with Gasteiger partial charge in [0.05, 0.1) is 0 Å². The molecule has 0 radical (unpaired) electrons. The Morgan fingerprint density at radius 3 is 2.20 bits per heavy atom. The molecule has 0 aromatic heterocycles. The highest BCUT2D eigenvalue weighted by atomic mass is 14.6. The molecule has 0 bridgehead atoms. The third-order valence-electron chi connectivity index (χ3n) is 4.73. The minimum absolute atomic E-state index is 0.511. The second kappa shape index (κ2) is 5.34. The van der Waals surface area contributed by atoms with Crippen LogP contribution in [0.25, 0.3) is 0 Å². The van der Waals surface area contributed by atoms with Crippen molar-refractivity contribution >= 4 is 0 Å². The van der Waals surface area contributed by atoms with Crippen LogP contribution in [0.2, 0.25) is 0 Å². The lowest BCUT2D eigenvalue weighted by Crippen LogP contribution is -2.27. The molecule has 2 atom stereocenters. The molecule has 1 heteroatoms. The molecule has 0 aromatic carbocycles. The van der Waals surface area contributed by atoms with Gasteiger partial charge in [0.15, 0.2) is 0 Å². The lowest BCUT2D eigenvalue weighted by atomic mass is 9.73. The van der Waals surface area contributed by atoms with Crippen molar-refractivity contribution in [2.24, 2.45) is 23.5 Å². The van der Waals surface area contributed by atoms with E-state index in [4.69, 9.17) is 5.73 Å². The zero-order chi connectivity index (χ0) is 10.7. The first-order valence-electron chi connectivity index (χ1n) is 7.01. The molecule has 88 valence electrons. The number of nitrogens with two attached hydrogens (primary N) is 1. The molecule has 0 heterocycles. The summed E-state index contributed by atoms with van der Waals surface area (Å²) in [5, 5.41) is 0. The average molecular weight is 209 g/mol. The van der Waals surface area contributed by atoms with Gasteiger partial charge in [-0.3, -0.25) is 0 Å². The summed E-state index contributed by atoms with van der Waals surface area (Å²) in [6.45, 7) is 2.41. The first-order valence-corrected chi connectivity index (χ1v) is 7.01. The first-order chi connectivity index (χ1) is 7.25. The Morgan fingerprint density at radius 2 is 1.47 bits per heavy atom. The van der Waals surface area contributed by atoms with E-state index in [1.54, 1.807) is 0 Å². The van der Waals surface area contributed by atoms with Gasteiger partial charge in [0.25, 0.3) is 0 Å². The van der Waals surface area contributed by atoms with Gasteiger partial charge >= 0.3 is 0 Å². The smallest absolute Gasteiger partial charge is 0.00415 e. The molecule has 0 amide bonds. The minimum atomic E-state index is 0.511. The maximum Gasteiger partial charge on any atom is 0.00415 e. The fourth-order valence-electron chi connectivity index (χ4n) is 3.62. The normalized spacial score (nSPS) is 43.6. The second-order valence-electron chi connectivity index (χ2n) is 6.06. The van der Waals surface area contributed by atoms with Gasteiger partial charge < -0.3 is 5.73 Å². The minimum Gasteiger partial charge on any atom is -0.328 e. The van der Waals surface area contributed by atoms with Crippen LogP contribution in [-0.2, 0) is 0 Å². The summed E-state index contributed by atoms with van der Waals surface area (Å²) >= 11 is 0. The molecule has 2 unspecified atom stereocenters. The van der Waals surface area contributed by atoms with Crippen molar-refractivity contribution in [1.29, 1.82) is 0 Å². The van der Waals surface area contributed by atoms with Crippen molar-refractivity contribution in [3.8, 4) is 0 Å². The lowest BCUT2D eigenvalue weighted by molar-refractivity contribution is 0.192. The summed E-state index contributed by atoms with van der Waals surface area (Å²) in [7, 11) is 0. The number of hydrogen-bond acceptors (Lipinski definition) is 1. The summed E-state index contributed by atoms with van der Waals surface area (Å²) < 4.78 is 0. The van der Waals surface area contributed by atoms with Gasteiger partial charge in [0, 0.05) is 6.04 Å². The maximum absolute atomic E-state index is 6.16. The molecule has 0 saturated heterocycles. The van der Waals surface area contributed by atoms with E-state index >= 15 is 0 Å². The topological polar surface area (TPSA) is 26.0 Å². The van der Waals surface area contributed by atoms with E-state index in [0.717, 1.165) is 17.8 Å². The van der Waals surface area contributed by atoms with Gasteiger partial charge in [0.2, 0.25) is 0 Å². The molecule has 15 heavy (non-hydrogen) atoms. The molecule has 2 rings (SSSR count). The van der Waals surface area contributed by atoms with Crippen LogP contribution in [0.1, 0.15) is 64.7 Å². The van der Waals surface area contributed by atoms with Crippen molar-refractivity contribution in [2.45, 2.75) is 70.8 Å². The molecule has 2 N–H and O–H groups in total. The van der Waals surface area contributed by atoms with Crippen LogP contribution in [-0.4, -0.2) is 6.04 Å². The third-order valence-corrected chi connectivity index (χ3v) is 4.73. The van der Waals surface area contributed by atoms with Crippen molar-refractivity contribution in [3.63, 3.8) is 0 Å². The maximum atomic E-state index is 6.16. The summed E-state index contributed by atoms with van der Waals surface area (Å²) in [6.07, 6.45) is 12.8. The molecule has 1 nitrogen and oxygen atoms in total. The zero-order valence-electron chi connectivity index (χ0n) is 10.3. The fraction of sp³-hybridized carbons (Fsp3) is 1.00. The Labute approximate surface area is 94.8 Å². The Morgan fingerprint density at radius 1 is 0.800 bits per heavy atom. The van der Waals surface area contributed by atoms with Gasteiger partial charge in [-0.05, 0) is 43.4 Å². The molecule has 2 aliphatic rings. The highest BCUT2D eigenvalue weighted by Crippen LogP contribution is 2.38. The van der Waals surface area contributed by atoms with E-state index in [-0.39, 0.29) is 0 Å². The van der Waals surface area contributed by atoms with Crippen LogP contribution in [0, 0.1) is 17.8 Å². The van der Waals surface area contributed by atoms with E-state index in [2.05, 4.69) is 6.92 Å². The number of hydrogen-bond donors (Lipinski definition) is 1. The van der Waals surface area contributed by atoms with Gasteiger partial charge in [-0.1, -0.05) is 39.0 Å². The molecular weight excluding hydrogens is 182 g/mol. The summed E-state index contributed by atoms with van der Waals surface area (Å²) in [5.41, 5.74) is 6.16. The number of rotatable bonds is 1. The highest BCUT2D eigenvalue weighted by molar-refractivity contribution is 4.81. The average Bonchev–Trinajstić information content (AvgIpc) is 2.44. The van der Waals surface area contributed by atoms with Crippen LogP contribution >= 0.6 is 0 Å². The van der Waals surface area contributed by atoms with Crippen LogP contribution in [0.3, 0.4) is 0 Å². The molecule has 2 aliphatic carbocycles. The standard InChI is InChI=1S/C14H27N/c1-11-6-8-12(9-7-11)13-4-2-3-5-14(15)10-13/h11-14H,2-10,15H2,1H3. The van der Waals surface area contributed by atoms with Crippen molar-refractivity contribution in [2.75, 3.05) is 0 Å². The Balaban J connectivity index is 1.85. The molecule has 2 saturated carbocycles. The largest absolute Gasteiger partial charge is 0.328 e. The lowest BCUT2D eigenvalue weighted by Gasteiger charge is -2.33. The van der Waals surface area contributed by atoms with Crippen LogP contribution in [0.4, 0.5) is 0 Å². The SMILES string of the molecule is CC1CCC(C2CCCCC(N)C2)CC1. The molecule has 0 aromatic rings. The van der Waals surface area contributed by atoms with Crippen LogP contribution in [0.5, 0.6) is 0 Å². The summed E-state index contributed by atoms with van der Waals surface area (Å²) in [6, 6.07) is 0.511. The molecule has 0 aliphatic heterocycles. The van der Waals surface area contributed by atoms with Gasteiger partial charge in [0.1, 0.15) is 0 Å². The van der Waals surface area contributed by atoms with Crippen molar-refractivity contribution in [1.82, 2.24) is 0 Å². The highest BCUT2D eigenvalue weighted by Gasteiger charge is 2.28. The van der Waals surface area contributed by atoms with E-state index < -0.39 is 0 Å². The van der Waals surface area contributed by atoms with Crippen LogP contribution in [0.15, 0.2) is 0 Å². The van der Waals surface area contributed by atoms with E-state index in [1.165, 1.54) is 57.8 Å². The second-order valence-corrected chi connectivity index (χ2v) is 6.06. The quantitative estimate of drug-likeness (QED) is 0.654. The van der Waals surface area contributed by atoms with E-state index in [0.29, 0.717) is 6.04 Å². The van der Waals surface area contributed by atoms with Gasteiger partial charge in [-0.2, -0.15) is 0 Å². The third kappa shape index (κ3) is 3.21. The first kappa shape index (κ1) is 11.4. The molecule has 2 fully saturated rings. The van der Waals surface area contributed by atoms with E-state index in [9.17, 15) is 0 Å². The Kier molecular flexibility index (Phi) is 4.07. The summed E-state index contributed by atoms with van der Waals surface area (Å²) in [5.74, 6) is 2.97. The van der Waals surface area contributed by atoms with Crippen LogP contribution < -0.4 is 5.73 Å².